The van der Waals surface area contributed by atoms with E-state index in [1.165, 1.54) is 0 Å². The van der Waals surface area contributed by atoms with E-state index in [0.717, 1.165) is 12.8 Å². The summed E-state index contributed by atoms with van der Waals surface area (Å²) in [6.07, 6.45) is 2.33. The van der Waals surface area contributed by atoms with E-state index in [4.69, 9.17) is 5.11 Å². The summed E-state index contributed by atoms with van der Waals surface area (Å²) in [5.74, 6) is 0.659. The molecule has 0 aromatic carbocycles. The fourth-order valence-corrected chi connectivity index (χ4v) is 3.64. The number of sulfonamides is 1. The van der Waals surface area contributed by atoms with Gasteiger partial charge in [0.15, 0.2) is 0 Å². The van der Waals surface area contributed by atoms with Gasteiger partial charge in [-0.05, 0) is 18.8 Å². The number of rotatable bonds is 3. The van der Waals surface area contributed by atoms with Crippen LogP contribution in [0.15, 0.2) is 0 Å². The zero-order valence-corrected chi connectivity index (χ0v) is 8.33. The molecule has 0 amide bonds. The van der Waals surface area contributed by atoms with E-state index >= 15 is 0 Å². The third kappa shape index (κ3) is 2.03. The molecule has 0 radical (unpaired) electrons. The van der Waals surface area contributed by atoms with E-state index in [0.29, 0.717) is 19.0 Å². The summed E-state index contributed by atoms with van der Waals surface area (Å²) in [7, 11) is -3.03. The zero-order chi connectivity index (χ0) is 9.47. The Balaban J connectivity index is 2.00. The SMILES string of the molecule is O=S1(=O)CC(CO)CN1CC1CC1. The van der Waals surface area contributed by atoms with Gasteiger partial charge >= 0.3 is 0 Å². The van der Waals surface area contributed by atoms with E-state index in [-0.39, 0.29) is 18.3 Å². The summed E-state index contributed by atoms with van der Waals surface area (Å²) in [6.45, 7) is 1.19. The van der Waals surface area contributed by atoms with Crippen molar-refractivity contribution >= 4 is 10.0 Å². The van der Waals surface area contributed by atoms with Crippen molar-refractivity contribution in [3.05, 3.63) is 0 Å². The lowest BCUT2D eigenvalue weighted by atomic mass is 10.2. The predicted octanol–water partition coefficient (Wildman–Crippen LogP) is -0.350. The largest absolute Gasteiger partial charge is 0.396 e. The molecule has 1 aliphatic carbocycles. The Bertz CT molecular complexity index is 284. The van der Waals surface area contributed by atoms with Crippen molar-refractivity contribution in [2.45, 2.75) is 12.8 Å². The highest BCUT2D eigenvalue weighted by molar-refractivity contribution is 7.89. The smallest absolute Gasteiger partial charge is 0.214 e. The van der Waals surface area contributed by atoms with E-state index in [9.17, 15) is 8.42 Å². The van der Waals surface area contributed by atoms with Crippen LogP contribution in [0.5, 0.6) is 0 Å². The molecule has 1 saturated carbocycles. The molecular weight excluding hydrogens is 190 g/mol. The molecule has 13 heavy (non-hydrogen) atoms. The van der Waals surface area contributed by atoms with Crippen molar-refractivity contribution in [2.24, 2.45) is 11.8 Å². The molecule has 1 heterocycles. The van der Waals surface area contributed by atoms with Crippen LogP contribution in [0, 0.1) is 11.8 Å². The molecule has 5 heteroatoms. The first-order chi connectivity index (χ1) is 6.12. The summed E-state index contributed by atoms with van der Waals surface area (Å²) in [5.41, 5.74) is 0. The number of aliphatic hydroxyl groups excluding tert-OH is 1. The van der Waals surface area contributed by atoms with Crippen LogP contribution in [0.2, 0.25) is 0 Å². The van der Waals surface area contributed by atoms with Gasteiger partial charge in [0.2, 0.25) is 10.0 Å². The minimum absolute atomic E-state index is 0.0135. The normalized spacial score (nSPS) is 33.8. The summed E-state index contributed by atoms with van der Waals surface area (Å²) in [5, 5.41) is 8.87. The maximum atomic E-state index is 11.5. The standard InChI is InChI=1S/C8H15NO3S/c10-5-8-4-9(3-7-1-2-7)13(11,12)6-8/h7-8,10H,1-6H2. The van der Waals surface area contributed by atoms with Gasteiger partial charge in [-0.25, -0.2) is 12.7 Å². The topological polar surface area (TPSA) is 57.6 Å². The molecule has 1 aliphatic heterocycles. The van der Waals surface area contributed by atoms with Crippen LogP contribution in [0.1, 0.15) is 12.8 Å². The Kier molecular flexibility index (Phi) is 2.33. The highest BCUT2D eigenvalue weighted by atomic mass is 32.2. The molecule has 0 aromatic heterocycles. The fraction of sp³-hybridized carbons (Fsp3) is 1.00. The van der Waals surface area contributed by atoms with E-state index in [2.05, 4.69) is 0 Å². The first-order valence-electron chi connectivity index (χ1n) is 4.70. The Labute approximate surface area is 78.6 Å². The van der Waals surface area contributed by atoms with Crippen LogP contribution in [0.25, 0.3) is 0 Å². The van der Waals surface area contributed by atoms with Gasteiger partial charge in [-0.2, -0.15) is 0 Å². The minimum Gasteiger partial charge on any atom is -0.396 e. The Morgan fingerprint density at radius 3 is 2.46 bits per heavy atom. The highest BCUT2D eigenvalue weighted by Gasteiger charge is 2.38. The lowest BCUT2D eigenvalue weighted by Gasteiger charge is -2.13. The zero-order valence-electron chi connectivity index (χ0n) is 7.52. The molecule has 1 N–H and O–H groups in total. The predicted molar refractivity (Wildman–Crippen MR) is 48.7 cm³/mol. The van der Waals surface area contributed by atoms with Gasteiger partial charge in [0.05, 0.1) is 5.75 Å². The first-order valence-corrected chi connectivity index (χ1v) is 6.31. The molecule has 1 atom stereocenters. The number of nitrogens with zero attached hydrogens (tertiary/aromatic N) is 1. The van der Waals surface area contributed by atoms with Gasteiger partial charge in [-0.1, -0.05) is 0 Å². The Hall–Kier alpha value is -0.130. The molecule has 2 rings (SSSR count). The maximum Gasteiger partial charge on any atom is 0.214 e. The molecule has 1 unspecified atom stereocenters. The van der Waals surface area contributed by atoms with Gasteiger partial charge in [0.1, 0.15) is 0 Å². The molecular formula is C8H15NO3S. The van der Waals surface area contributed by atoms with Crippen molar-refractivity contribution in [3.63, 3.8) is 0 Å². The fourth-order valence-electron chi connectivity index (χ4n) is 1.74. The van der Waals surface area contributed by atoms with Gasteiger partial charge < -0.3 is 5.11 Å². The molecule has 0 aromatic rings. The summed E-state index contributed by atoms with van der Waals surface area (Å²) in [6, 6.07) is 0. The Morgan fingerprint density at radius 1 is 1.31 bits per heavy atom. The first kappa shape index (κ1) is 9.43. The molecule has 0 bridgehead atoms. The van der Waals surface area contributed by atoms with Crippen molar-refractivity contribution in [1.29, 1.82) is 0 Å². The van der Waals surface area contributed by atoms with E-state index in [1.54, 1.807) is 4.31 Å². The molecule has 76 valence electrons. The average Bonchev–Trinajstić information content (AvgIpc) is 2.80. The van der Waals surface area contributed by atoms with Crippen LogP contribution in [-0.4, -0.2) is 43.3 Å². The van der Waals surface area contributed by atoms with Gasteiger partial charge in [0, 0.05) is 25.6 Å². The number of hydrogen-bond donors (Lipinski definition) is 1. The summed E-state index contributed by atoms with van der Waals surface area (Å²) < 4.78 is 24.6. The number of hydrogen-bond acceptors (Lipinski definition) is 3. The van der Waals surface area contributed by atoms with Crippen LogP contribution in [-0.2, 0) is 10.0 Å². The lowest BCUT2D eigenvalue weighted by molar-refractivity contribution is 0.228. The van der Waals surface area contributed by atoms with E-state index in [1.807, 2.05) is 0 Å². The molecule has 2 fully saturated rings. The molecule has 2 aliphatic rings. The second-order valence-corrected chi connectivity index (χ2v) is 6.10. The Morgan fingerprint density at radius 2 is 2.00 bits per heavy atom. The average molecular weight is 205 g/mol. The monoisotopic (exact) mass is 205 g/mol. The molecule has 4 nitrogen and oxygen atoms in total. The van der Waals surface area contributed by atoms with Gasteiger partial charge in [-0.15, -0.1) is 0 Å². The van der Waals surface area contributed by atoms with Crippen molar-refractivity contribution < 1.29 is 13.5 Å². The van der Waals surface area contributed by atoms with Crippen LogP contribution in [0.3, 0.4) is 0 Å². The third-order valence-electron chi connectivity index (χ3n) is 2.72. The molecule has 0 spiro atoms. The van der Waals surface area contributed by atoms with Crippen LogP contribution < -0.4 is 0 Å². The van der Waals surface area contributed by atoms with Crippen LogP contribution >= 0.6 is 0 Å². The van der Waals surface area contributed by atoms with Crippen molar-refractivity contribution in [2.75, 3.05) is 25.4 Å². The maximum absolute atomic E-state index is 11.5. The minimum atomic E-state index is -3.03. The lowest BCUT2D eigenvalue weighted by Crippen LogP contribution is -2.28. The van der Waals surface area contributed by atoms with Crippen molar-refractivity contribution in [3.8, 4) is 0 Å². The van der Waals surface area contributed by atoms with Gasteiger partial charge in [-0.3, -0.25) is 0 Å². The van der Waals surface area contributed by atoms with E-state index < -0.39 is 10.0 Å². The summed E-state index contributed by atoms with van der Waals surface area (Å²) in [4.78, 5) is 0. The highest BCUT2D eigenvalue weighted by Crippen LogP contribution is 2.32. The summed E-state index contributed by atoms with van der Waals surface area (Å²) >= 11 is 0. The number of aliphatic hydroxyl groups is 1. The third-order valence-corrected chi connectivity index (χ3v) is 4.70. The van der Waals surface area contributed by atoms with Crippen LogP contribution in [0.4, 0.5) is 0 Å². The second-order valence-electron chi connectivity index (χ2n) is 4.09. The van der Waals surface area contributed by atoms with Gasteiger partial charge in [0.25, 0.3) is 0 Å². The van der Waals surface area contributed by atoms with Crippen molar-refractivity contribution in [1.82, 2.24) is 4.31 Å². The molecule has 1 saturated heterocycles. The second kappa shape index (κ2) is 3.22. The quantitative estimate of drug-likeness (QED) is 0.685.